The first-order valence-corrected chi connectivity index (χ1v) is 4.17. The standard InChI is InChI=1S/C8H8N5O/c14-5-3-8-10-11-12-13(8)7-2-1-4-9-6-7/h1-2,4,6H,3,5H2. The smallest absolute Gasteiger partial charge is 0.159 e. The summed E-state index contributed by atoms with van der Waals surface area (Å²) in [5.74, 6) is 0.563. The lowest BCUT2D eigenvalue weighted by Gasteiger charge is -2.00. The number of rotatable bonds is 3. The SMILES string of the molecule is [O]CCc1nnnn1-c1cccnc1. The molecule has 0 aromatic carbocycles. The van der Waals surface area contributed by atoms with E-state index in [1.165, 1.54) is 4.68 Å². The number of hydrogen-bond donors (Lipinski definition) is 0. The topological polar surface area (TPSA) is 76.4 Å². The van der Waals surface area contributed by atoms with Gasteiger partial charge in [0.2, 0.25) is 0 Å². The van der Waals surface area contributed by atoms with Crippen LogP contribution in [0.2, 0.25) is 0 Å². The quantitative estimate of drug-likeness (QED) is 0.684. The second-order valence-corrected chi connectivity index (χ2v) is 2.67. The zero-order valence-electron chi connectivity index (χ0n) is 7.37. The Balaban J connectivity index is 2.37. The maximum atomic E-state index is 10.5. The molecular weight excluding hydrogens is 182 g/mol. The molecule has 2 aromatic rings. The highest BCUT2D eigenvalue weighted by atomic mass is 16.3. The van der Waals surface area contributed by atoms with Crippen LogP contribution in [0, 0.1) is 0 Å². The number of nitrogens with zero attached hydrogens (tertiary/aromatic N) is 5. The van der Waals surface area contributed by atoms with Crippen molar-refractivity contribution in [2.45, 2.75) is 6.42 Å². The molecule has 2 heterocycles. The van der Waals surface area contributed by atoms with Crippen LogP contribution in [0.3, 0.4) is 0 Å². The molecule has 14 heavy (non-hydrogen) atoms. The lowest BCUT2D eigenvalue weighted by Crippen LogP contribution is -2.04. The third-order valence-corrected chi connectivity index (χ3v) is 1.75. The van der Waals surface area contributed by atoms with Crippen LogP contribution in [0.4, 0.5) is 0 Å². The molecule has 6 nitrogen and oxygen atoms in total. The van der Waals surface area contributed by atoms with E-state index in [0.29, 0.717) is 12.2 Å². The largest absolute Gasteiger partial charge is 0.262 e. The van der Waals surface area contributed by atoms with E-state index in [0.717, 1.165) is 5.69 Å². The van der Waals surface area contributed by atoms with Crippen LogP contribution in [0.25, 0.3) is 5.69 Å². The highest BCUT2D eigenvalue weighted by Gasteiger charge is 2.06. The van der Waals surface area contributed by atoms with Crippen molar-refractivity contribution in [3.63, 3.8) is 0 Å². The molecule has 0 amide bonds. The minimum absolute atomic E-state index is 0.222. The van der Waals surface area contributed by atoms with Crippen molar-refractivity contribution < 1.29 is 5.11 Å². The molecule has 0 saturated carbocycles. The lowest BCUT2D eigenvalue weighted by atomic mass is 10.4. The molecule has 0 unspecified atom stereocenters. The summed E-state index contributed by atoms with van der Waals surface area (Å²) in [4.78, 5) is 3.95. The van der Waals surface area contributed by atoms with Crippen LogP contribution in [0.15, 0.2) is 24.5 Å². The Morgan fingerprint density at radius 2 is 2.36 bits per heavy atom. The van der Waals surface area contributed by atoms with Gasteiger partial charge in [-0.05, 0) is 22.6 Å². The fourth-order valence-electron chi connectivity index (χ4n) is 1.13. The summed E-state index contributed by atoms with van der Waals surface area (Å²) in [6, 6.07) is 3.62. The van der Waals surface area contributed by atoms with Crippen LogP contribution in [0.5, 0.6) is 0 Å². The third kappa shape index (κ3) is 1.60. The summed E-state index contributed by atoms with van der Waals surface area (Å²) in [6.07, 6.45) is 3.63. The van der Waals surface area contributed by atoms with Crippen molar-refractivity contribution in [3.8, 4) is 5.69 Å². The molecule has 0 spiro atoms. The van der Waals surface area contributed by atoms with Gasteiger partial charge in [-0.2, -0.15) is 4.68 Å². The second-order valence-electron chi connectivity index (χ2n) is 2.67. The Bertz CT molecular complexity index is 399. The summed E-state index contributed by atoms with van der Waals surface area (Å²) in [6.45, 7) is -0.222. The molecule has 71 valence electrons. The van der Waals surface area contributed by atoms with E-state index >= 15 is 0 Å². The maximum Gasteiger partial charge on any atom is 0.159 e. The Morgan fingerprint density at radius 3 is 3.07 bits per heavy atom. The van der Waals surface area contributed by atoms with Crippen molar-refractivity contribution >= 4 is 0 Å². The minimum Gasteiger partial charge on any atom is -0.262 e. The molecule has 0 aliphatic rings. The van der Waals surface area contributed by atoms with E-state index in [1.807, 2.05) is 6.07 Å². The molecule has 0 aliphatic carbocycles. The van der Waals surface area contributed by atoms with Gasteiger partial charge in [-0.3, -0.25) is 4.98 Å². The van der Waals surface area contributed by atoms with Gasteiger partial charge >= 0.3 is 0 Å². The van der Waals surface area contributed by atoms with Crippen molar-refractivity contribution in [2.75, 3.05) is 6.61 Å². The van der Waals surface area contributed by atoms with E-state index in [1.54, 1.807) is 18.5 Å². The molecule has 0 atom stereocenters. The van der Waals surface area contributed by atoms with Gasteiger partial charge in [0.25, 0.3) is 0 Å². The molecule has 0 bridgehead atoms. The first-order valence-electron chi connectivity index (χ1n) is 4.17. The Kier molecular flexibility index (Phi) is 2.46. The van der Waals surface area contributed by atoms with Crippen molar-refractivity contribution in [3.05, 3.63) is 30.4 Å². The van der Waals surface area contributed by atoms with Gasteiger partial charge in [0.1, 0.15) is 0 Å². The van der Waals surface area contributed by atoms with Crippen molar-refractivity contribution in [2.24, 2.45) is 0 Å². The molecule has 6 heteroatoms. The monoisotopic (exact) mass is 190 g/mol. The van der Waals surface area contributed by atoms with Gasteiger partial charge in [-0.15, -0.1) is 5.10 Å². The summed E-state index contributed by atoms with van der Waals surface area (Å²) < 4.78 is 1.52. The van der Waals surface area contributed by atoms with E-state index in [9.17, 15) is 5.11 Å². The van der Waals surface area contributed by atoms with Crippen LogP contribution in [0.1, 0.15) is 5.82 Å². The molecule has 0 N–H and O–H groups in total. The molecular formula is C8H8N5O. The first kappa shape index (κ1) is 8.76. The van der Waals surface area contributed by atoms with E-state index in [2.05, 4.69) is 20.5 Å². The molecule has 0 fully saturated rings. The average Bonchev–Trinajstić information content (AvgIpc) is 2.68. The predicted octanol–water partition coefficient (Wildman–Crippen LogP) is 0.0303. The molecule has 2 aromatic heterocycles. The summed E-state index contributed by atoms with van der Waals surface area (Å²) in [7, 11) is 0. The normalized spacial score (nSPS) is 10.4. The summed E-state index contributed by atoms with van der Waals surface area (Å²) in [5, 5.41) is 21.5. The Hall–Kier alpha value is -1.82. The fourth-order valence-corrected chi connectivity index (χ4v) is 1.13. The molecule has 2 rings (SSSR count). The zero-order valence-corrected chi connectivity index (χ0v) is 7.37. The highest BCUT2D eigenvalue weighted by molar-refractivity contribution is 5.26. The van der Waals surface area contributed by atoms with Gasteiger partial charge in [0.05, 0.1) is 18.5 Å². The molecule has 0 saturated heterocycles. The van der Waals surface area contributed by atoms with Crippen LogP contribution in [-0.4, -0.2) is 31.8 Å². The first-order chi connectivity index (χ1) is 6.92. The molecule has 0 aliphatic heterocycles. The van der Waals surface area contributed by atoms with E-state index in [-0.39, 0.29) is 6.61 Å². The highest BCUT2D eigenvalue weighted by Crippen LogP contribution is 2.05. The Morgan fingerprint density at radius 1 is 1.43 bits per heavy atom. The molecule has 1 radical (unpaired) electrons. The van der Waals surface area contributed by atoms with Crippen LogP contribution in [-0.2, 0) is 11.5 Å². The van der Waals surface area contributed by atoms with E-state index < -0.39 is 0 Å². The minimum atomic E-state index is -0.222. The van der Waals surface area contributed by atoms with Gasteiger partial charge in [0.15, 0.2) is 5.82 Å². The van der Waals surface area contributed by atoms with Crippen molar-refractivity contribution in [1.82, 2.24) is 25.2 Å². The number of tetrazole rings is 1. The fraction of sp³-hybridized carbons (Fsp3) is 0.250. The summed E-state index contributed by atoms with van der Waals surface area (Å²) in [5.41, 5.74) is 0.765. The number of aromatic nitrogens is 5. The summed E-state index contributed by atoms with van der Waals surface area (Å²) >= 11 is 0. The van der Waals surface area contributed by atoms with Gasteiger partial charge < -0.3 is 0 Å². The zero-order chi connectivity index (χ0) is 9.80. The number of pyridine rings is 1. The predicted molar refractivity (Wildman–Crippen MR) is 46.2 cm³/mol. The maximum absolute atomic E-state index is 10.5. The van der Waals surface area contributed by atoms with Gasteiger partial charge in [-0.25, -0.2) is 5.11 Å². The Labute approximate surface area is 80.2 Å². The lowest BCUT2D eigenvalue weighted by molar-refractivity contribution is 0.194. The third-order valence-electron chi connectivity index (χ3n) is 1.75. The van der Waals surface area contributed by atoms with Gasteiger partial charge in [0, 0.05) is 12.6 Å². The second kappa shape index (κ2) is 3.93. The van der Waals surface area contributed by atoms with E-state index in [4.69, 9.17) is 0 Å². The number of hydrogen-bond acceptors (Lipinski definition) is 4. The average molecular weight is 190 g/mol. The van der Waals surface area contributed by atoms with Gasteiger partial charge in [-0.1, -0.05) is 0 Å². The van der Waals surface area contributed by atoms with Crippen LogP contribution >= 0.6 is 0 Å². The van der Waals surface area contributed by atoms with Crippen LogP contribution < -0.4 is 0 Å². The van der Waals surface area contributed by atoms with Crippen molar-refractivity contribution in [1.29, 1.82) is 0 Å².